The zero-order valence-corrected chi connectivity index (χ0v) is 11.4. The molecule has 2 bridgehead atoms. The Bertz CT molecular complexity index is 569. The minimum atomic E-state index is -0.0625. The van der Waals surface area contributed by atoms with Gasteiger partial charge in [-0.1, -0.05) is 6.07 Å². The lowest BCUT2D eigenvalue weighted by atomic mass is 9.81. The average molecular weight is 271 g/mol. The molecule has 3 aliphatic rings. The number of amides is 2. The van der Waals surface area contributed by atoms with Crippen LogP contribution < -0.4 is 9.64 Å². The van der Waals surface area contributed by atoms with E-state index in [2.05, 4.69) is 0 Å². The van der Waals surface area contributed by atoms with Crippen LogP contribution in [0.25, 0.3) is 0 Å². The molecule has 1 aromatic rings. The molecule has 20 heavy (non-hydrogen) atoms. The van der Waals surface area contributed by atoms with Crippen molar-refractivity contribution in [1.29, 1.82) is 0 Å². The summed E-state index contributed by atoms with van der Waals surface area (Å²) in [4.78, 5) is 26.7. The van der Waals surface area contributed by atoms with Gasteiger partial charge in [-0.25, -0.2) is 4.90 Å². The summed E-state index contributed by atoms with van der Waals surface area (Å²) in [7, 11) is 1.59. The van der Waals surface area contributed by atoms with E-state index < -0.39 is 0 Å². The van der Waals surface area contributed by atoms with E-state index in [0.717, 1.165) is 19.3 Å². The van der Waals surface area contributed by atoms with Crippen molar-refractivity contribution in [3.05, 3.63) is 24.3 Å². The molecule has 1 saturated heterocycles. The summed E-state index contributed by atoms with van der Waals surface area (Å²) >= 11 is 0. The van der Waals surface area contributed by atoms with Crippen molar-refractivity contribution in [3.8, 4) is 5.75 Å². The first-order valence-corrected chi connectivity index (χ1v) is 7.22. The number of hydrogen-bond donors (Lipinski definition) is 0. The van der Waals surface area contributed by atoms with Crippen molar-refractivity contribution < 1.29 is 14.3 Å². The maximum atomic E-state index is 12.7. The number of rotatable bonds is 2. The fourth-order valence-electron chi connectivity index (χ4n) is 4.41. The molecule has 4 heteroatoms. The van der Waals surface area contributed by atoms with Gasteiger partial charge in [0.15, 0.2) is 0 Å². The van der Waals surface area contributed by atoms with Gasteiger partial charge in [0, 0.05) is 6.07 Å². The molecular formula is C16H17NO3. The number of nitrogens with zero attached hydrogens (tertiary/aromatic N) is 1. The van der Waals surface area contributed by atoms with Crippen LogP contribution in [0.15, 0.2) is 24.3 Å². The molecule has 1 heterocycles. The molecule has 4 rings (SSSR count). The van der Waals surface area contributed by atoms with Crippen LogP contribution >= 0.6 is 0 Å². The van der Waals surface area contributed by atoms with Crippen molar-refractivity contribution in [2.75, 3.05) is 12.0 Å². The summed E-state index contributed by atoms with van der Waals surface area (Å²) < 4.78 is 5.18. The number of ether oxygens (including phenoxy) is 1. The number of hydrogen-bond acceptors (Lipinski definition) is 3. The molecule has 2 amide bonds. The quantitative estimate of drug-likeness (QED) is 0.775. The van der Waals surface area contributed by atoms with Crippen LogP contribution in [-0.4, -0.2) is 18.9 Å². The van der Waals surface area contributed by atoms with Crippen molar-refractivity contribution in [2.24, 2.45) is 23.7 Å². The third-order valence-electron chi connectivity index (χ3n) is 5.24. The smallest absolute Gasteiger partial charge is 0.237 e. The third kappa shape index (κ3) is 1.42. The largest absolute Gasteiger partial charge is 0.497 e. The molecule has 2 aliphatic carbocycles. The van der Waals surface area contributed by atoms with Gasteiger partial charge in [0.2, 0.25) is 11.8 Å². The fraction of sp³-hybridized carbons (Fsp3) is 0.500. The number of imide groups is 1. The Hall–Kier alpha value is -1.84. The minimum absolute atomic E-state index is 0.000420. The Morgan fingerprint density at radius 3 is 2.35 bits per heavy atom. The van der Waals surface area contributed by atoms with Gasteiger partial charge in [0.1, 0.15) is 5.75 Å². The molecule has 0 aromatic heterocycles. The van der Waals surface area contributed by atoms with Gasteiger partial charge < -0.3 is 4.74 Å². The molecule has 1 aliphatic heterocycles. The van der Waals surface area contributed by atoms with Crippen LogP contribution in [0.1, 0.15) is 19.3 Å². The number of anilines is 1. The van der Waals surface area contributed by atoms with Crippen LogP contribution in [0.4, 0.5) is 5.69 Å². The van der Waals surface area contributed by atoms with Gasteiger partial charge in [-0.05, 0) is 43.2 Å². The average Bonchev–Trinajstić information content (AvgIpc) is 3.13. The van der Waals surface area contributed by atoms with Crippen molar-refractivity contribution >= 4 is 17.5 Å². The number of benzene rings is 1. The van der Waals surface area contributed by atoms with Crippen molar-refractivity contribution in [2.45, 2.75) is 19.3 Å². The van der Waals surface area contributed by atoms with E-state index in [1.165, 1.54) is 4.90 Å². The van der Waals surface area contributed by atoms with Crippen LogP contribution in [0.3, 0.4) is 0 Å². The van der Waals surface area contributed by atoms with Crippen LogP contribution in [0.5, 0.6) is 5.75 Å². The van der Waals surface area contributed by atoms with E-state index in [1.54, 1.807) is 19.2 Å². The molecule has 4 nitrogen and oxygen atoms in total. The van der Waals surface area contributed by atoms with Gasteiger partial charge >= 0.3 is 0 Å². The van der Waals surface area contributed by atoms with Gasteiger partial charge in [0.05, 0.1) is 24.6 Å². The normalized spacial score (nSPS) is 34.8. The van der Waals surface area contributed by atoms with E-state index in [9.17, 15) is 9.59 Å². The van der Waals surface area contributed by atoms with Gasteiger partial charge in [-0.2, -0.15) is 0 Å². The second kappa shape index (κ2) is 4.08. The summed E-state index contributed by atoms with van der Waals surface area (Å²) in [6.07, 6.45) is 3.28. The van der Waals surface area contributed by atoms with Crippen molar-refractivity contribution in [1.82, 2.24) is 0 Å². The lowest BCUT2D eigenvalue weighted by molar-refractivity contribution is -0.123. The molecule has 0 unspecified atom stereocenters. The number of fused-ring (bicyclic) bond motifs is 5. The minimum Gasteiger partial charge on any atom is -0.497 e. The van der Waals surface area contributed by atoms with E-state index in [-0.39, 0.29) is 23.7 Å². The molecule has 0 radical (unpaired) electrons. The highest BCUT2D eigenvalue weighted by molar-refractivity contribution is 6.22. The van der Waals surface area contributed by atoms with Crippen LogP contribution in [0, 0.1) is 23.7 Å². The molecule has 1 aromatic carbocycles. The summed E-state index contributed by atoms with van der Waals surface area (Å²) in [6.45, 7) is 0. The van der Waals surface area contributed by atoms with Crippen LogP contribution in [-0.2, 0) is 9.59 Å². The fourth-order valence-corrected chi connectivity index (χ4v) is 4.41. The van der Waals surface area contributed by atoms with E-state index in [1.807, 2.05) is 12.1 Å². The Kier molecular flexibility index (Phi) is 2.43. The maximum absolute atomic E-state index is 12.7. The van der Waals surface area contributed by atoms with E-state index in [0.29, 0.717) is 23.3 Å². The first-order valence-electron chi connectivity index (χ1n) is 7.22. The molecule has 3 fully saturated rings. The molecule has 2 saturated carbocycles. The second-order valence-electron chi connectivity index (χ2n) is 6.10. The zero-order chi connectivity index (χ0) is 13.9. The third-order valence-corrected chi connectivity index (χ3v) is 5.24. The molecule has 0 N–H and O–H groups in total. The Balaban J connectivity index is 1.73. The number of carbonyl (C=O) groups excluding carboxylic acids is 2. The lowest BCUT2D eigenvalue weighted by Crippen LogP contribution is -2.32. The van der Waals surface area contributed by atoms with Gasteiger partial charge in [0.25, 0.3) is 0 Å². The monoisotopic (exact) mass is 271 g/mol. The number of methoxy groups -OCH3 is 1. The first kappa shape index (κ1) is 11.9. The first-order chi connectivity index (χ1) is 9.70. The summed E-state index contributed by atoms with van der Waals surface area (Å²) in [5.41, 5.74) is 0.646. The predicted molar refractivity (Wildman–Crippen MR) is 73.3 cm³/mol. The summed E-state index contributed by atoms with van der Waals surface area (Å²) in [6, 6.07) is 7.20. The maximum Gasteiger partial charge on any atom is 0.237 e. The SMILES string of the molecule is COc1cccc(N2C(=O)[C@@H]3[C@H]4CC[C@@H](C4)[C@H]3C2=O)c1. The highest BCUT2D eigenvalue weighted by Gasteiger charge is 2.61. The highest BCUT2D eigenvalue weighted by atomic mass is 16.5. The molecule has 0 spiro atoms. The summed E-state index contributed by atoms with van der Waals surface area (Å²) in [5.74, 6) is 1.40. The molecular weight excluding hydrogens is 254 g/mol. The second-order valence-corrected chi connectivity index (χ2v) is 6.10. The Morgan fingerprint density at radius 1 is 1.10 bits per heavy atom. The predicted octanol–water partition coefficient (Wildman–Crippen LogP) is 2.23. The summed E-state index contributed by atoms with van der Waals surface area (Å²) in [5, 5.41) is 0. The molecule has 4 atom stereocenters. The Labute approximate surface area is 117 Å². The molecule has 104 valence electrons. The Morgan fingerprint density at radius 2 is 1.75 bits per heavy atom. The topological polar surface area (TPSA) is 46.6 Å². The van der Waals surface area contributed by atoms with Crippen molar-refractivity contribution in [3.63, 3.8) is 0 Å². The van der Waals surface area contributed by atoms with Gasteiger partial charge in [-0.3, -0.25) is 9.59 Å². The number of carbonyl (C=O) groups is 2. The lowest BCUT2D eigenvalue weighted by Gasteiger charge is -2.19. The van der Waals surface area contributed by atoms with Crippen LogP contribution in [0.2, 0.25) is 0 Å². The van der Waals surface area contributed by atoms with Gasteiger partial charge in [-0.15, -0.1) is 0 Å². The zero-order valence-electron chi connectivity index (χ0n) is 11.4. The standard InChI is InChI=1S/C16H17NO3/c1-20-12-4-2-3-11(8-12)17-15(18)13-9-5-6-10(7-9)14(13)16(17)19/h2-4,8-10,13-14H,5-7H2,1H3/t9-,10-,13+,14+/m0/s1. The highest BCUT2D eigenvalue weighted by Crippen LogP contribution is 2.56. The van der Waals surface area contributed by atoms with E-state index in [4.69, 9.17) is 4.74 Å². The van der Waals surface area contributed by atoms with E-state index >= 15 is 0 Å².